The Morgan fingerprint density at radius 2 is 1.82 bits per heavy atom. The van der Waals surface area contributed by atoms with E-state index in [0.717, 1.165) is 12.8 Å². The van der Waals surface area contributed by atoms with Crippen molar-refractivity contribution in [3.63, 3.8) is 0 Å². The van der Waals surface area contributed by atoms with E-state index in [1.807, 2.05) is 4.90 Å². The van der Waals surface area contributed by atoms with Gasteiger partial charge in [0.1, 0.15) is 9.79 Å². The zero-order chi connectivity index (χ0) is 22.9. The van der Waals surface area contributed by atoms with Gasteiger partial charge in [0.25, 0.3) is 0 Å². The van der Waals surface area contributed by atoms with Gasteiger partial charge in [0, 0.05) is 31.4 Å². The van der Waals surface area contributed by atoms with Crippen LogP contribution < -0.4 is 25.8 Å². The van der Waals surface area contributed by atoms with Crippen LogP contribution in [0.3, 0.4) is 0 Å². The maximum absolute atomic E-state index is 13.2. The fraction of sp³-hybridized carbons (Fsp3) is 0.588. The van der Waals surface area contributed by atoms with Crippen molar-refractivity contribution in [2.24, 2.45) is 16.8 Å². The summed E-state index contributed by atoms with van der Waals surface area (Å²) < 4.78 is 54.4. The first-order valence-electron chi connectivity index (χ1n) is 10.3. The molecule has 3 heterocycles. The summed E-state index contributed by atoms with van der Waals surface area (Å²) in [5.41, 5.74) is 6.28. The molecule has 7 N–H and O–H groups in total. The predicted octanol–water partition coefficient (Wildman–Crippen LogP) is -0.827. The van der Waals surface area contributed by atoms with Gasteiger partial charge < -0.3 is 16.0 Å². The highest BCUT2D eigenvalue weighted by atomic mass is 35.5. The number of sulfonamides is 2. The van der Waals surface area contributed by atoms with Gasteiger partial charge in [-0.15, -0.1) is 35.0 Å². The number of aromatic amines is 1. The Labute approximate surface area is 210 Å². The van der Waals surface area contributed by atoms with E-state index in [1.54, 1.807) is 6.07 Å². The molecule has 0 spiro atoms. The number of tetrazole rings is 1. The first-order valence-corrected chi connectivity index (χ1v) is 13.4. The smallest absolute Gasteiger partial charge is 0.242 e. The number of rotatable bonds is 7. The molecule has 192 valence electrons. The van der Waals surface area contributed by atoms with Crippen molar-refractivity contribution in [1.82, 2.24) is 30.7 Å². The third-order valence-electron chi connectivity index (χ3n) is 5.91. The minimum absolute atomic E-state index is 0. The van der Waals surface area contributed by atoms with Crippen molar-refractivity contribution < 1.29 is 16.8 Å². The molecular weight excluding hydrogens is 529 g/mol. The zero-order valence-electron chi connectivity index (χ0n) is 18.2. The number of nitrogens with one attached hydrogen (secondary N) is 3. The van der Waals surface area contributed by atoms with Gasteiger partial charge in [0.05, 0.1) is 5.56 Å². The number of nitrogens with two attached hydrogens (primary N) is 2. The van der Waals surface area contributed by atoms with Gasteiger partial charge in [-0.25, -0.2) is 26.7 Å². The number of anilines is 1. The Morgan fingerprint density at radius 3 is 2.35 bits per heavy atom. The Morgan fingerprint density at radius 1 is 1.12 bits per heavy atom. The summed E-state index contributed by atoms with van der Waals surface area (Å²) in [5, 5.41) is 22.3. The van der Waals surface area contributed by atoms with Crippen LogP contribution in [0.2, 0.25) is 0 Å². The number of nitrogens with zero attached hydrogens (tertiary/aromatic N) is 4. The van der Waals surface area contributed by atoms with Crippen molar-refractivity contribution in [2.75, 3.05) is 37.6 Å². The van der Waals surface area contributed by atoms with Crippen LogP contribution in [-0.4, -0.2) is 76.2 Å². The third-order valence-corrected chi connectivity index (χ3v) is 8.60. The van der Waals surface area contributed by atoms with E-state index in [0.29, 0.717) is 50.7 Å². The molecule has 2 aliphatic rings. The molecule has 13 nitrogen and oxygen atoms in total. The summed E-state index contributed by atoms with van der Waals surface area (Å²) >= 11 is 0. The highest BCUT2D eigenvalue weighted by Gasteiger charge is 2.35. The molecule has 0 saturated carbocycles. The van der Waals surface area contributed by atoms with E-state index in [2.05, 4.69) is 30.7 Å². The molecule has 1 aromatic carbocycles. The van der Waals surface area contributed by atoms with Gasteiger partial charge in [-0.1, -0.05) is 0 Å². The summed E-state index contributed by atoms with van der Waals surface area (Å²) in [5.74, 6) is 0.325. The summed E-state index contributed by atoms with van der Waals surface area (Å²) in [6, 6.07) is 2.50. The van der Waals surface area contributed by atoms with Crippen LogP contribution >= 0.6 is 24.8 Å². The molecule has 2 aromatic rings. The minimum atomic E-state index is -4.49. The quantitative estimate of drug-likeness (QED) is 0.286. The van der Waals surface area contributed by atoms with E-state index in [9.17, 15) is 16.8 Å². The Bertz CT molecular complexity index is 1170. The maximum atomic E-state index is 13.2. The van der Waals surface area contributed by atoms with Crippen LogP contribution in [0.25, 0.3) is 11.4 Å². The second kappa shape index (κ2) is 11.4. The lowest BCUT2D eigenvalue weighted by Crippen LogP contribution is -2.38. The molecule has 2 aliphatic heterocycles. The Balaban J connectivity index is 0.00000204. The number of benzene rings is 1. The van der Waals surface area contributed by atoms with Gasteiger partial charge >= 0.3 is 0 Å². The second-order valence-electron chi connectivity index (χ2n) is 8.04. The first kappa shape index (κ1) is 28.6. The number of halogens is 2. The topological polar surface area (TPSA) is 202 Å². The van der Waals surface area contributed by atoms with Crippen molar-refractivity contribution in [2.45, 2.75) is 35.1 Å². The minimum Gasteiger partial charge on any atom is -0.371 e. The standard InChI is InChI=1S/C17H27N9O4S2.2ClH/c18-9-11-4-7-26(8-5-11)13-1-2-14(32(29,30)23-12-3-6-20-10-12)16(31(19,27)28)15(13)17-21-24-25-22-17;;/h1-2,11-12,20,23H,3-10,18H2,(H2,19,27,28)(H,21,22,24,25);2*1H. The monoisotopic (exact) mass is 557 g/mol. The normalized spacial score (nSPS) is 19.5. The molecule has 1 unspecified atom stereocenters. The van der Waals surface area contributed by atoms with Gasteiger partial charge in [0.15, 0.2) is 0 Å². The van der Waals surface area contributed by atoms with E-state index >= 15 is 0 Å². The zero-order valence-corrected chi connectivity index (χ0v) is 21.4. The summed E-state index contributed by atoms with van der Waals surface area (Å²) in [6.07, 6.45) is 2.24. The van der Waals surface area contributed by atoms with Crippen molar-refractivity contribution in [1.29, 1.82) is 0 Å². The fourth-order valence-corrected chi connectivity index (χ4v) is 7.11. The van der Waals surface area contributed by atoms with Crippen LogP contribution in [0.4, 0.5) is 5.69 Å². The SMILES string of the molecule is Cl.Cl.NCC1CCN(c2ccc(S(=O)(=O)NC3CCNC3)c(S(N)(=O)=O)c2-c2nn[nH]n2)CC1. The Kier molecular flexibility index (Phi) is 9.63. The average Bonchev–Trinajstić information content (AvgIpc) is 3.46. The van der Waals surface area contributed by atoms with Crippen LogP contribution in [0.15, 0.2) is 21.9 Å². The molecule has 0 amide bonds. The average molecular weight is 559 g/mol. The highest BCUT2D eigenvalue weighted by molar-refractivity contribution is 7.92. The largest absolute Gasteiger partial charge is 0.371 e. The molecule has 34 heavy (non-hydrogen) atoms. The van der Waals surface area contributed by atoms with Crippen LogP contribution in [0.5, 0.6) is 0 Å². The molecule has 2 fully saturated rings. The van der Waals surface area contributed by atoms with Crippen molar-refractivity contribution in [3.05, 3.63) is 12.1 Å². The fourth-order valence-electron chi connectivity index (χ4n) is 4.24. The number of hydrogen-bond donors (Lipinski definition) is 5. The second-order valence-corrected chi connectivity index (χ2v) is 11.2. The van der Waals surface area contributed by atoms with E-state index in [4.69, 9.17) is 10.9 Å². The Hall–Kier alpha value is -1.59. The van der Waals surface area contributed by atoms with Crippen LogP contribution in [0.1, 0.15) is 19.3 Å². The number of primary sulfonamides is 1. The molecule has 1 aromatic heterocycles. The lowest BCUT2D eigenvalue weighted by atomic mass is 9.96. The molecule has 0 bridgehead atoms. The molecule has 1 atom stereocenters. The van der Waals surface area contributed by atoms with Crippen LogP contribution in [-0.2, 0) is 20.0 Å². The maximum Gasteiger partial charge on any atom is 0.242 e. The predicted molar refractivity (Wildman–Crippen MR) is 131 cm³/mol. The van der Waals surface area contributed by atoms with Crippen LogP contribution in [0, 0.1) is 5.92 Å². The third kappa shape index (κ3) is 5.96. The number of aromatic nitrogens is 4. The van der Waals surface area contributed by atoms with Gasteiger partial charge in [-0.3, -0.25) is 0 Å². The molecule has 0 aliphatic carbocycles. The van der Waals surface area contributed by atoms with E-state index in [1.165, 1.54) is 6.07 Å². The molecule has 2 saturated heterocycles. The number of H-pyrrole nitrogens is 1. The first-order chi connectivity index (χ1) is 15.2. The molecular formula is C17H29Cl2N9O4S2. The summed E-state index contributed by atoms with van der Waals surface area (Å²) in [6.45, 7) is 2.94. The van der Waals surface area contributed by atoms with E-state index < -0.39 is 29.8 Å². The van der Waals surface area contributed by atoms with Gasteiger partial charge in [-0.2, -0.15) is 5.21 Å². The summed E-state index contributed by atoms with van der Waals surface area (Å²) in [4.78, 5) is 0.986. The number of hydrogen-bond acceptors (Lipinski definition) is 10. The highest BCUT2D eigenvalue weighted by Crippen LogP contribution is 2.39. The van der Waals surface area contributed by atoms with E-state index in [-0.39, 0.29) is 42.2 Å². The lowest BCUT2D eigenvalue weighted by molar-refractivity contribution is 0.414. The molecule has 4 rings (SSSR count). The van der Waals surface area contributed by atoms with Gasteiger partial charge in [-0.05, 0) is 55.6 Å². The number of piperidine rings is 1. The van der Waals surface area contributed by atoms with Gasteiger partial charge in [0.2, 0.25) is 25.9 Å². The summed E-state index contributed by atoms with van der Waals surface area (Å²) in [7, 11) is -8.69. The molecule has 0 radical (unpaired) electrons. The van der Waals surface area contributed by atoms with Crippen molar-refractivity contribution >= 4 is 50.5 Å². The molecule has 17 heteroatoms. The van der Waals surface area contributed by atoms with Crippen molar-refractivity contribution in [3.8, 4) is 11.4 Å². The lowest BCUT2D eigenvalue weighted by Gasteiger charge is -2.34.